The Bertz CT molecular complexity index is 902. The van der Waals surface area contributed by atoms with E-state index in [1.165, 1.54) is 5.56 Å². The van der Waals surface area contributed by atoms with Gasteiger partial charge in [-0.3, -0.25) is 0 Å². The molecule has 8 heteroatoms. The lowest BCUT2D eigenvalue weighted by Crippen LogP contribution is -2.37. The van der Waals surface area contributed by atoms with Crippen molar-refractivity contribution in [3.05, 3.63) is 36.0 Å². The molecule has 4 rings (SSSR count). The first-order chi connectivity index (χ1) is 12.6. The average Bonchev–Trinajstić information content (AvgIpc) is 3.01. The van der Waals surface area contributed by atoms with Crippen molar-refractivity contribution in [1.29, 1.82) is 0 Å². The monoisotopic (exact) mass is 373 g/mol. The Morgan fingerprint density at radius 1 is 1.31 bits per heavy atom. The van der Waals surface area contributed by atoms with Gasteiger partial charge in [-0.1, -0.05) is 18.2 Å². The minimum atomic E-state index is -2.95. The highest BCUT2D eigenvalue weighted by molar-refractivity contribution is 7.91. The number of sulfone groups is 1. The van der Waals surface area contributed by atoms with Crippen LogP contribution in [0.5, 0.6) is 0 Å². The molecule has 0 radical (unpaired) electrons. The third-order valence-corrected chi connectivity index (χ3v) is 6.92. The molecule has 0 amide bonds. The Hall–Kier alpha value is -2.22. The molecule has 1 atom stereocenters. The summed E-state index contributed by atoms with van der Waals surface area (Å²) in [6, 6.07) is 8.27. The summed E-state index contributed by atoms with van der Waals surface area (Å²) < 4.78 is 23.7. The molecule has 2 aromatic rings. The molecule has 0 saturated carbocycles. The van der Waals surface area contributed by atoms with Crippen LogP contribution in [0.1, 0.15) is 25.3 Å². The van der Waals surface area contributed by atoms with Gasteiger partial charge >= 0.3 is 0 Å². The van der Waals surface area contributed by atoms with Crippen LogP contribution in [0.15, 0.2) is 30.5 Å². The van der Waals surface area contributed by atoms with Crippen molar-refractivity contribution in [2.45, 2.75) is 32.2 Å². The molecule has 138 valence electrons. The normalized spacial score (nSPS) is 21.4. The summed E-state index contributed by atoms with van der Waals surface area (Å²) in [5, 5.41) is 8.42. The first-order valence-corrected chi connectivity index (χ1v) is 10.9. The number of nitrogens with zero attached hydrogens (tertiary/aromatic N) is 5. The molecular weight excluding hydrogens is 350 g/mol. The molecule has 1 unspecified atom stereocenters. The Morgan fingerprint density at radius 3 is 2.92 bits per heavy atom. The van der Waals surface area contributed by atoms with Gasteiger partial charge in [0.15, 0.2) is 15.7 Å². The maximum Gasteiger partial charge on any atom is 0.251 e. The fourth-order valence-corrected chi connectivity index (χ4v) is 5.64. The van der Waals surface area contributed by atoms with Crippen molar-refractivity contribution >= 4 is 27.3 Å². The largest absolute Gasteiger partial charge is 0.351 e. The number of para-hydroxylation sites is 1. The van der Waals surface area contributed by atoms with Gasteiger partial charge in [-0.2, -0.15) is 10.1 Å². The zero-order valence-corrected chi connectivity index (χ0v) is 15.7. The Kier molecular flexibility index (Phi) is 4.52. The first-order valence-electron chi connectivity index (χ1n) is 9.09. The van der Waals surface area contributed by atoms with Gasteiger partial charge < -0.3 is 9.80 Å². The van der Waals surface area contributed by atoms with E-state index in [-0.39, 0.29) is 17.5 Å². The van der Waals surface area contributed by atoms with Crippen molar-refractivity contribution in [1.82, 2.24) is 15.2 Å². The standard InChI is InChI=1S/C18H23N5O2S/c1-2-22(15-9-11-26(24,25)13-15)17-12-19-21-18(20-17)23-10-5-7-14-6-3-4-8-16(14)23/h3-4,6,8,12,15H,2,5,7,9-11,13H2,1H3. The van der Waals surface area contributed by atoms with Crippen LogP contribution in [-0.4, -0.2) is 54.2 Å². The molecule has 1 aromatic carbocycles. The summed E-state index contributed by atoms with van der Waals surface area (Å²) in [7, 11) is -2.95. The zero-order valence-electron chi connectivity index (χ0n) is 14.9. The van der Waals surface area contributed by atoms with Crippen molar-refractivity contribution < 1.29 is 8.42 Å². The predicted molar refractivity (Wildman–Crippen MR) is 102 cm³/mol. The highest BCUT2D eigenvalue weighted by atomic mass is 32.2. The highest BCUT2D eigenvalue weighted by Gasteiger charge is 2.33. The molecule has 1 saturated heterocycles. The number of hydrogen-bond acceptors (Lipinski definition) is 7. The summed E-state index contributed by atoms with van der Waals surface area (Å²) >= 11 is 0. The van der Waals surface area contributed by atoms with Crippen molar-refractivity contribution in [3.8, 4) is 0 Å². The lowest BCUT2D eigenvalue weighted by Gasteiger charge is -2.31. The fourth-order valence-electron chi connectivity index (χ4n) is 3.91. The van der Waals surface area contributed by atoms with Crippen LogP contribution >= 0.6 is 0 Å². The second-order valence-corrected chi connectivity index (χ2v) is 9.07. The molecule has 0 aliphatic carbocycles. The molecule has 3 heterocycles. The molecule has 0 N–H and O–H groups in total. The van der Waals surface area contributed by atoms with Crippen LogP contribution in [0.4, 0.5) is 17.5 Å². The molecule has 2 aliphatic heterocycles. The number of hydrogen-bond donors (Lipinski definition) is 0. The minimum Gasteiger partial charge on any atom is -0.351 e. The van der Waals surface area contributed by atoms with E-state index in [0.29, 0.717) is 24.7 Å². The quantitative estimate of drug-likeness (QED) is 0.810. The summed E-state index contributed by atoms with van der Waals surface area (Å²) in [6.07, 6.45) is 4.37. The molecule has 0 bridgehead atoms. The molecule has 26 heavy (non-hydrogen) atoms. The zero-order chi connectivity index (χ0) is 18.1. The van der Waals surface area contributed by atoms with Gasteiger partial charge in [-0.15, -0.1) is 5.10 Å². The van der Waals surface area contributed by atoms with Gasteiger partial charge in [0.25, 0.3) is 5.95 Å². The van der Waals surface area contributed by atoms with Gasteiger partial charge in [0.1, 0.15) is 0 Å². The molecular formula is C18H23N5O2S. The number of anilines is 3. The Labute approximate surface area is 154 Å². The van der Waals surface area contributed by atoms with Crippen LogP contribution in [0.25, 0.3) is 0 Å². The summed E-state index contributed by atoms with van der Waals surface area (Å²) in [6.45, 7) is 3.56. The van der Waals surface area contributed by atoms with Crippen molar-refractivity contribution in [2.75, 3.05) is 34.4 Å². The summed E-state index contributed by atoms with van der Waals surface area (Å²) in [5.41, 5.74) is 2.42. The smallest absolute Gasteiger partial charge is 0.251 e. The maximum absolute atomic E-state index is 11.9. The van der Waals surface area contributed by atoms with Gasteiger partial charge in [-0.05, 0) is 37.8 Å². The van der Waals surface area contributed by atoms with E-state index in [2.05, 4.69) is 33.3 Å². The van der Waals surface area contributed by atoms with Crippen LogP contribution in [-0.2, 0) is 16.3 Å². The van der Waals surface area contributed by atoms with Crippen LogP contribution < -0.4 is 9.80 Å². The van der Waals surface area contributed by atoms with E-state index < -0.39 is 9.84 Å². The molecule has 1 aromatic heterocycles. The highest BCUT2D eigenvalue weighted by Crippen LogP contribution is 2.32. The van der Waals surface area contributed by atoms with Gasteiger partial charge in [0, 0.05) is 24.8 Å². The fraction of sp³-hybridized carbons (Fsp3) is 0.500. The Morgan fingerprint density at radius 2 is 2.15 bits per heavy atom. The van der Waals surface area contributed by atoms with Crippen LogP contribution in [0.2, 0.25) is 0 Å². The lowest BCUT2D eigenvalue weighted by atomic mass is 10.0. The van der Waals surface area contributed by atoms with Gasteiger partial charge in [0.2, 0.25) is 0 Å². The van der Waals surface area contributed by atoms with E-state index in [0.717, 1.165) is 25.1 Å². The van der Waals surface area contributed by atoms with E-state index >= 15 is 0 Å². The SMILES string of the molecule is CCN(c1cnnc(N2CCCc3ccccc32)n1)C1CCS(=O)(=O)C1. The number of aryl methyl sites for hydroxylation is 1. The second-order valence-electron chi connectivity index (χ2n) is 6.84. The predicted octanol–water partition coefficient (Wildman–Crippen LogP) is 1.97. The van der Waals surface area contributed by atoms with Gasteiger partial charge in [-0.25, -0.2) is 8.42 Å². The summed E-state index contributed by atoms with van der Waals surface area (Å²) in [5.74, 6) is 1.71. The number of fused-ring (bicyclic) bond motifs is 1. The maximum atomic E-state index is 11.9. The number of benzene rings is 1. The van der Waals surface area contributed by atoms with Crippen LogP contribution in [0.3, 0.4) is 0 Å². The first kappa shape index (κ1) is 17.2. The van der Waals surface area contributed by atoms with E-state index in [4.69, 9.17) is 4.98 Å². The molecule has 2 aliphatic rings. The lowest BCUT2D eigenvalue weighted by molar-refractivity contribution is 0.599. The molecule has 1 fully saturated rings. The topological polar surface area (TPSA) is 79.3 Å². The number of rotatable bonds is 4. The Balaban J connectivity index is 1.65. The third kappa shape index (κ3) is 3.25. The van der Waals surface area contributed by atoms with E-state index in [9.17, 15) is 8.42 Å². The second kappa shape index (κ2) is 6.83. The van der Waals surface area contributed by atoms with Crippen molar-refractivity contribution in [2.24, 2.45) is 0 Å². The summed E-state index contributed by atoms with van der Waals surface area (Å²) in [4.78, 5) is 8.89. The average molecular weight is 373 g/mol. The molecule has 0 spiro atoms. The van der Waals surface area contributed by atoms with Gasteiger partial charge in [0.05, 0.1) is 17.7 Å². The van der Waals surface area contributed by atoms with E-state index in [1.54, 1.807) is 6.20 Å². The third-order valence-electron chi connectivity index (χ3n) is 5.17. The van der Waals surface area contributed by atoms with Crippen LogP contribution in [0, 0.1) is 0 Å². The number of aromatic nitrogens is 3. The van der Waals surface area contributed by atoms with Crippen molar-refractivity contribution in [3.63, 3.8) is 0 Å². The molecule has 7 nitrogen and oxygen atoms in total. The van der Waals surface area contributed by atoms with E-state index in [1.807, 2.05) is 17.9 Å². The minimum absolute atomic E-state index is 0.0387.